The van der Waals surface area contributed by atoms with E-state index in [1.807, 2.05) is 0 Å². The van der Waals surface area contributed by atoms with E-state index in [4.69, 9.17) is 5.10 Å². The van der Waals surface area contributed by atoms with Gasteiger partial charge < -0.3 is 5.32 Å². The lowest BCUT2D eigenvalue weighted by molar-refractivity contribution is 0.112. The largest absolute Gasteiger partial charge is 0.316 e. The molecule has 3 rings (SSSR count). The van der Waals surface area contributed by atoms with Crippen LogP contribution >= 0.6 is 0 Å². The first kappa shape index (κ1) is 15.0. The summed E-state index contributed by atoms with van der Waals surface area (Å²) in [5.41, 5.74) is 1.25. The van der Waals surface area contributed by atoms with E-state index in [0.29, 0.717) is 18.1 Å². The Morgan fingerprint density at radius 3 is 2.76 bits per heavy atom. The van der Waals surface area contributed by atoms with Crippen molar-refractivity contribution >= 4 is 0 Å². The molecule has 1 aliphatic heterocycles. The molecule has 1 saturated heterocycles. The number of hydrogen-bond donors (Lipinski definition) is 1. The number of likely N-dealkylation sites (tertiary alicyclic amines) is 1. The van der Waals surface area contributed by atoms with E-state index in [1.54, 1.807) is 0 Å². The lowest BCUT2D eigenvalue weighted by atomic mass is 9.96. The van der Waals surface area contributed by atoms with Gasteiger partial charge in [-0.15, -0.1) is 0 Å². The van der Waals surface area contributed by atoms with Crippen LogP contribution in [0, 0.1) is 0 Å². The summed E-state index contributed by atoms with van der Waals surface area (Å²) >= 11 is 0. The highest BCUT2D eigenvalue weighted by Crippen LogP contribution is 2.29. The number of rotatable bonds is 5. The maximum Gasteiger partial charge on any atom is 0.0765 e. The third-order valence-corrected chi connectivity index (χ3v) is 5.42. The van der Waals surface area contributed by atoms with Gasteiger partial charge in [0.1, 0.15) is 0 Å². The monoisotopic (exact) mass is 290 g/mol. The summed E-state index contributed by atoms with van der Waals surface area (Å²) in [6.07, 6.45) is 11.6. The predicted molar refractivity (Wildman–Crippen MR) is 86.3 cm³/mol. The Morgan fingerprint density at radius 1 is 1.24 bits per heavy atom. The molecule has 1 N–H and O–H groups in total. The molecule has 118 valence electrons. The van der Waals surface area contributed by atoms with Gasteiger partial charge in [-0.25, -0.2) is 0 Å². The minimum Gasteiger partial charge on any atom is -0.316 e. The van der Waals surface area contributed by atoms with Crippen LogP contribution < -0.4 is 5.32 Å². The fourth-order valence-corrected chi connectivity index (χ4v) is 4.01. The van der Waals surface area contributed by atoms with Crippen molar-refractivity contribution in [3.8, 4) is 0 Å². The van der Waals surface area contributed by atoms with Crippen molar-refractivity contribution in [3.05, 3.63) is 18.0 Å². The van der Waals surface area contributed by atoms with E-state index < -0.39 is 0 Å². The minimum atomic E-state index is 0.558. The zero-order valence-electron chi connectivity index (χ0n) is 13.6. The van der Waals surface area contributed by atoms with Gasteiger partial charge in [0.05, 0.1) is 11.7 Å². The van der Waals surface area contributed by atoms with E-state index in [9.17, 15) is 0 Å². The smallest absolute Gasteiger partial charge is 0.0765 e. The van der Waals surface area contributed by atoms with Gasteiger partial charge in [0.2, 0.25) is 0 Å². The average Bonchev–Trinajstić information content (AvgIpc) is 3.18. The quantitative estimate of drug-likeness (QED) is 0.905. The zero-order chi connectivity index (χ0) is 14.7. The topological polar surface area (TPSA) is 33.1 Å². The molecule has 0 radical (unpaired) electrons. The molecule has 4 heteroatoms. The molecule has 1 aromatic rings. The summed E-state index contributed by atoms with van der Waals surface area (Å²) in [5.74, 6) is 0. The first-order chi connectivity index (χ1) is 10.3. The number of likely N-dealkylation sites (N-methyl/N-ethyl adjacent to an activating group) is 1. The minimum absolute atomic E-state index is 0.558. The zero-order valence-corrected chi connectivity index (χ0v) is 13.6. The Hall–Kier alpha value is -0.870. The van der Waals surface area contributed by atoms with Crippen LogP contribution in [0.2, 0.25) is 0 Å². The number of nitrogens with one attached hydrogen (secondary N) is 1. The standard InChI is InChI=1S/C17H30N4/c1-14(18-2)17-9-5-6-11-20(17)13-15-10-12-21(19-15)16-7-3-4-8-16/h10,12,14,16-18H,3-9,11,13H2,1-2H3. The van der Waals surface area contributed by atoms with Gasteiger partial charge in [-0.2, -0.15) is 5.10 Å². The van der Waals surface area contributed by atoms with Crippen LogP contribution in [0.1, 0.15) is 63.6 Å². The van der Waals surface area contributed by atoms with Gasteiger partial charge >= 0.3 is 0 Å². The van der Waals surface area contributed by atoms with Gasteiger partial charge in [0.25, 0.3) is 0 Å². The van der Waals surface area contributed by atoms with E-state index in [0.717, 1.165) is 6.54 Å². The summed E-state index contributed by atoms with van der Waals surface area (Å²) in [7, 11) is 2.08. The normalized spacial score (nSPS) is 26.3. The molecule has 2 atom stereocenters. The average molecular weight is 290 g/mol. The molecule has 0 amide bonds. The van der Waals surface area contributed by atoms with E-state index >= 15 is 0 Å². The molecule has 0 bridgehead atoms. The molecule has 2 fully saturated rings. The number of hydrogen-bond acceptors (Lipinski definition) is 3. The molecule has 2 unspecified atom stereocenters. The summed E-state index contributed by atoms with van der Waals surface area (Å²) in [6.45, 7) is 4.53. The lowest BCUT2D eigenvalue weighted by Gasteiger charge is -2.38. The molecule has 4 nitrogen and oxygen atoms in total. The molecule has 1 aliphatic carbocycles. The van der Waals surface area contributed by atoms with Gasteiger partial charge in [0.15, 0.2) is 0 Å². The molecule has 2 heterocycles. The van der Waals surface area contributed by atoms with Crippen LogP contribution in [0.3, 0.4) is 0 Å². The molecular formula is C17H30N4. The maximum atomic E-state index is 4.86. The van der Waals surface area contributed by atoms with E-state index in [1.165, 1.54) is 57.2 Å². The predicted octanol–water partition coefficient (Wildman–Crippen LogP) is 2.96. The third-order valence-electron chi connectivity index (χ3n) is 5.42. The van der Waals surface area contributed by atoms with E-state index in [-0.39, 0.29) is 0 Å². The van der Waals surface area contributed by atoms with Crippen LogP contribution in [-0.2, 0) is 6.54 Å². The third kappa shape index (κ3) is 3.49. The van der Waals surface area contributed by atoms with Crippen molar-refractivity contribution in [1.29, 1.82) is 0 Å². The second kappa shape index (κ2) is 6.93. The van der Waals surface area contributed by atoms with Crippen molar-refractivity contribution in [2.75, 3.05) is 13.6 Å². The SMILES string of the molecule is CNC(C)C1CCCCN1Cc1ccn(C2CCCC2)n1. The summed E-state index contributed by atoms with van der Waals surface area (Å²) < 4.78 is 2.22. The number of nitrogens with zero attached hydrogens (tertiary/aromatic N) is 3. The van der Waals surface area contributed by atoms with Crippen LogP contribution in [0.4, 0.5) is 0 Å². The first-order valence-electron chi connectivity index (χ1n) is 8.73. The molecule has 21 heavy (non-hydrogen) atoms. The van der Waals surface area contributed by atoms with Gasteiger partial charge in [-0.05, 0) is 52.3 Å². The summed E-state index contributed by atoms with van der Waals surface area (Å²) in [5, 5.41) is 8.29. The molecule has 2 aliphatic rings. The van der Waals surface area contributed by atoms with Crippen LogP contribution in [0.25, 0.3) is 0 Å². The maximum absolute atomic E-state index is 4.86. The molecule has 0 spiro atoms. The first-order valence-corrected chi connectivity index (χ1v) is 8.73. The Bertz CT molecular complexity index is 436. The fourth-order valence-electron chi connectivity index (χ4n) is 4.01. The second-order valence-electron chi connectivity index (χ2n) is 6.84. The number of piperidine rings is 1. The van der Waals surface area contributed by atoms with Crippen LogP contribution in [0.5, 0.6) is 0 Å². The van der Waals surface area contributed by atoms with Crippen LogP contribution in [-0.4, -0.2) is 40.4 Å². The van der Waals surface area contributed by atoms with Crippen LogP contribution in [0.15, 0.2) is 12.3 Å². The molecule has 0 aromatic carbocycles. The Kier molecular flexibility index (Phi) is 4.96. The lowest BCUT2D eigenvalue weighted by Crippen LogP contribution is -2.49. The van der Waals surface area contributed by atoms with E-state index in [2.05, 4.69) is 41.1 Å². The summed E-state index contributed by atoms with van der Waals surface area (Å²) in [6, 6.07) is 4.10. The van der Waals surface area contributed by atoms with Crippen molar-refractivity contribution < 1.29 is 0 Å². The Balaban J connectivity index is 1.64. The van der Waals surface area contributed by atoms with Gasteiger partial charge in [-0.3, -0.25) is 9.58 Å². The number of aromatic nitrogens is 2. The van der Waals surface area contributed by atoms with Crippen molar-refractivity contribution in [2.45, 2.75) is 76.5 Å². The molecular weight excluding hydrogens is 260 g/mol. The molecule has 1 saturated carbocycles. The highest BCUT2D eigenvalue weighted by Gasteiger charge is 2.27. The van der Waals surface area contributed by atoms with Crippen molar-refractivity contribution in [1.82, 2.24) is 20.0 Å². The highest BCUT2D eigenvalue weighted by atomic mass is 15.3. The molecule has 1 aromatic heterocycles. The Labute approximate surface area is 128 Å². The summed E-state index contributed by atoms with van der Waals surface area (Å²) in [4.78, 5) is 2.63. The Morgan fingerprint density at radius 2 is 2.00 bits per heavy atom. The van der Waals surface area contributed by atoms with Crippen molar-refractivity contribution in [2.24, 2.45) is 0 Å². The van der Waals surface area contributed by atoms with Gasteiger partial charge in [0, 0.05) is 24.8 Å². The fraction of sp³-hybridized carbons (Fsp3) is 0.824. The van der Waals surface area contributed by atoms with Gasteiger partial charge in [-0.1, -0.05) is 19.3 Å². The second-order valence-corrected chi connectivity index (χ2v) is 6.84. The highest BCUT2D eigenvalue weighted by molar-refractivity contribution is 5.01. The van der Waals surface area contributed by atoms with Crippen molar-refractivity contribution in [3.63, 3.8) is 0 Å².